The van der Waals surface area contributed by atoms with E-state index in [9.17, 15) is 9.59 Å². The van der Waals surface area contributed by atoms with Gasteiger partial charge in [-0.3, -0.25) is 4.79 Å². The molecule has 132 valence electrons. The van der Waals surface area contributed by atoms with Crippen molar-refractivity contribution in [1.29, 1.82) is 0 Å². The highest BCUT2D eigenvalue weighted by Gasteiger charge is 2.21. The van der Waals surface area contributed by atoms with Crippen LogP contribution in [0.1, 0.15) is 18.9 Å². The summed E-state index contributed by atoms with van der Waals surface area (Å²) in [4.78, 5) is 23.8. The highest BCUT2D eigenvalue weighted by atomic mass is 16.6. The second-order valence-corrected chi connectivity index (χ2v) is 5.52. The second-order valence-electron chi connectivity index (χ2n) is 5.52. The largest absolute Gasteiger partial charge is 0.479 e. The van der Waals surface area contributed by atoms with Crippen LogP contribution in [-0.4, -0.2) is 31.1 Å². The minimum atomic E-state index is -0.723. The van der Waals surface area contributed by atoms with E-state index in [0.29, 0.717) is 18.7 Å². The zero-order valence-corrected chi connectivity index (χ0v) is 14.3. The van der Waals surface area contributed by atoms with Gasteiger partial charge in [0.05, 0.1) is 0 Å². The molecule has 0 aliphatic rings. The number of carbonyl (C=O) groups is 2. The molecule has 1 N–H and O–H groups in total. The van der Waals surface area contributed by atoms with Crippen LogP contribution >= 0.6 is 0 Å². The van der Waals surface area contributed by atoms with Gasteiger partial charge in [0.1, 0.15) is 5.75 Å². The number of rotatable bonds is 9. The Labute approximate surface area is 148 Å². The van der Waals surface area contributed by atoms with Crippen LogP contribution in [0.15, 0.2) is 60.7 Å². The van der Waals surface area contributed by atoms with E-state index in [-0.39, 0.29) is 12.5 Å². The van der Waals surface area contributed by atoms with E-state index in [0.717, 1.165) is 12.0 Å². The number of esters is 1. The molecule has 2 rings (SSSR count). The van der Waals surface area contributed by atoms with Crippen LogP contribution in [0.25, 0.3) is 0 Å². The Morgan fingerprint density at radius 3 is 2.28 bits per heavy atom. The lowest BCUT2D eigenvalue weighted by Gasteiger charge is -2.16. The lowest BCUT2D eigenvalue weighted by Crippen LogP contribution is -2.34. The summed E-state index contributed by atoms with van der Waals surface area (Å²) in [5, 5.41) is 2.74. The van der Waals surface area contributed by atoms with Crippen LogP contribution in [0.4, 0.5) is 0 Å². The average molecular weight is 341 g/mol. The molecule has 25 heavy (non-hydrogen) atoms. The Morgan fingerprint density at radius 2 is 1.64 bits per heavy atom. The van der Waals surface area contributed by atoms with Crippen LogP contribution in [0.2, 0.25) is 0 Å². The van der Waals surface area contributed by atoms with Crippen LogP contribution in [-0.2, 0) is 20.7 Å². The van der Waals surface area contributed by atoms with Gasteiger partial charge in [0, 0.05) is 6.54 Å². The minimum absolute atomic E-state index is 0.303. The fraction of sp³-hybridized carbons (Fsp3) is 0.300. The van der Waals surface area contributed by atoms with Gasteiger partial charge in [-0.25, -0.2) is 4.79 Å². The maximum absolute atomic E-state index is 12.1. The molecule has 0 aliphatic heterocycles. The van der Waals surface area contributed by atoms with Crippen LogP contribution in [0.3, 0.4) is 0 Å². The molecule has 1 atom stereocenters. The fourth-order valence-electron chi connectivity index (χ4n) is 2.23. The van der Waals surface area contributed by atoms with E-state index in [4.69, 9.17) is 9.47 Å². The Hall–Kier alpha value is -2.82. The number of para-hydroxylation sites is 1. The zero-order chi connectivity index (χ0) is 17.9. The van der Waals surface area contributed by atoms with Crippen molar-refractivity contribution in [3.63, 3.8) is 0 Å². The molecule has 0 bridgehead atoms. The third-order valence-corrected chi connectivity index (χ3v) is 3.58. The first-order valence-corrected chi connectivity index (χ1v) is 8.38. The quantitative estimate of drug-likeness (QED) is 0.712. The third-order valence-electron chi connectivity index (χ3n) is 3.58. The Morgan fingerprint density at radius 1 is 1.00 bits per heavy atom. The molecule has 0 fully saturated rings. The SMILES string of the molecule is CC[C@H](Oc1ccccc1)C(=O)OCC(=O)NCCc1ccccc1. The van der Waals surface area contributed by atoms with Crippen LogP contribution < -0.4 is 10.1 Å². The molecule has 0 aromatic heterocycles. The van der Waals surface area contributed by atoms with Crippen molar-refractivity contribution in [2.24, 2.45) is 0 Å². The Balaban J connectivity index is 1.69. The fourth-order valence-corrected chi connectivity index (χ4v) is 2.23. The molecule has 0 saturated heterocycles. The molecule has 5 nitrogen and oxygen atoms in total. The van der Waals surface area contributed by atoms with E-state index in [1.165, 1.54) is 0 Å². The molecule has 0 unspecified atom stereocenters. The first-order chi connectivity index (χ1) is 12.2. The number of benzene rings is 2. The van der Waals surface area contributed by atoms with Crippen molar-refractivity contribution in [2.45, 2.75) is 25.9 Å². The first kappa shape index (κ1) is 18.5. The highest BCUT2D eigenvalue weighted by Crippen LogP contribution is 2.13. The van der Waals surface area contributed by atoms with Gasteiger partial charge >= 0.3 is 5.97 Å². The smallest absolute Gasteiger partial charge is 0.347 e. The third kappa shape index (κ3) is 6.67. The molecule has 2 aromatic rings. The first-order valence-electron chi connectivity index (χ1n) is 8.38. The van der Waals surface area contributed by atoms with E-state index < -0.39 is 12.1 Å². The Bertz CT molecular complexity index is 658. The summed E-state index contributed by atoms with van der Waals surface area (Å²) in [5.41, 5.74) is 1.14. The summed E-state index contributed by atoms with van der Waals surface area (Å²) in [5.74, 6) is -0.262. The van der Waals surface area contributed by atoms with E-state index in [1.807, 2.05) is 55.5 Å². The predicted molar refractivity (Wildman–Crippen MR) is 95.3 cm³/mol. The number of amides is 1. The van der Waals surface area contributed by atoms with Gasteiger partial charge in [-0.1, -0.05) is 55.5 Å². The lowest BCUT2D eigenvalue weighted by atomic mass is 10.1. The van der Waals surface area contributed by atoms with E-state index >= 15 is 0 Å². The second kappa shape index (κ2) is 10.1. The number of carbonyl (C=O) groups excluding carboxylic acids is 2. The van der Waals surface area contributed by atoms with Crippen LogP contribution in [0.5, 0.6) is 5.75 Å². The molecule has 5 heteroatoms. The number of hydrogen-bond acceptors (Lipinski definition) is 4. The number of hydrogen-bond donors (Lipinski definition) is 1. The summed E-state index contributed by atoms with van der Waals surface area (Å²) < 4.78 is 10.6. The average Bonchev–Trinajstić information content (AvgIpc) is 2.66. The molecule has 2 aromatic carbocycles. The summed E-state index contributed by atoms with van der Waals surface area (Å²) in [7, 11) is 0. The van der Waals surface area contributed by atoms with Gasteiger partial charge in [-0.05, 0) is 30.5 Å². The van der Waals surface area contributed by atoms with Gasteiger partial charge < -0.3 is 14.8 Å². The van der Waals surface area contributed by atoms with E-state index in [2.05, 4.69) is 5.32 Å². The maximum Gasteiger partial charge on any atom is 0.347 e. The lowest BCUT2D eigenvalue weighted by molar-refractivity contribution is -0.155. The van der Waals surface area contributed by atoms with Crippen molar-refractivity contribution in [3.8, 4) is 5.75 Å². The highest BCUT2D eigenvalue weighted by molar-refractivity contribution is 5.82. The molecular formula is C20H23NO4. The van der Waals surface area contributed by atoms with Crippen molar-refractivity contribution in [3.05, 3.63) is 66.2 Å². The number of ether oxygens (including phenoxy) is 2. The van der Waals surface area contributed by atoms with Crippen LogP contribution in [0, 0.1) is 0 Å². The molecule has 0 aliphatic carbocycles. The molecule has 0 saturated carbocycles. The monoisotopic (exact) mass is 341 g/mol. The van der Waals surface area contributed by atoms with Crippen molar-refractivity contribution >= 4 is 11.9 Å². The maximum atomic E-state index is 12.1. The summed E-state index contributed by atoms with van der Waals surface area (Å²) >= 11 is 0. The van der Waals surface area contributed by atoms with Crippen molar-refractivity contribution < 1.29 is 19.1 Å². The van der Waals surface area contributed by atoms with Crippen molar-refractivity contribution in [2.75, 3.05) is 13.2 Å². The van der Waals surface area contributed by atoms with Gasteiger partial charge in [-0.15, -0.1) is 0 Å². The standard InChI is InChI=1S/C20H23NO4/c1-2-18(25-17-11-7-4-8-12-17)20(23)24-15-19(22)21-14-13-16-9-5-3-6-10-16/h3-12,18H,2,13-15H2,1H3,(H,21,22)/t18-/m0/s1. The van der Waals surface area contributed by atoms with E-state index in [1.54, 1.807) is 12.1 Å². The van der Waals surface area contributed by atoms with Crippen molar-refractivity contribution in [1.82, 2.24) is 5.32 Å². The summed E-state index contributed by atoms with van der Waals surface area (Å²) in [6.45, 7) is 2.02. The topological polar surface area (TPSA) is 64.6 Å². The van der Waals surface area contributed by atoms with Gasteiger partial charge in [0.2, 0.25) is 0 Å². The predicted octanol–water partition coefficient (Wildman–Crippen LogP) is 2.75. The van der Waals surface area contributed by atoms with Gasteiger partial charge in [0.25, 0.3) is 5.91 Å². The van der Waals surface area contributed by atoms with Gasteiger partial charge in [0.15, 0.2) is 12.7 Å². The Kier molecular flexibility index (Phi) is 7.50. The molecule has 0 spiro atoms. The summed E-state index contributed by atoms with van der Waals surface area (Å²) in [6, 6.07) is 18.9. The minimum Gasteiger partial charge on any atom is -0.479 e. The molecule has 1 amide bonds. The molecule has 0 heterocycles. The summed E-state index contributed by atoms with van der Waals surface area (Å²) in [6.07, 6.45) is 0.470. The zero-order valence-electron chi connectivity index (χ0n) is 14.3. The number of nitrogens with one attached hydrogen (secondary N) is 1. The molecule has 0 radical (unpaired) electrons. The normalized spacial score (nSPS) is 11.4. The van der Waals surface area contributed by atoms with Gasteiger partial charge in [-0.2, -0.15) is 0 Å². The molecular weight excluding hydrogens is 318 g/mol.